The Kier molecular flexibility index (Phi) is 8.07. The molecule has 172 valence electrons. The molecule has 0 saturated carbocycles. The van der Waals surface area contributed by atoms with Crippen LogP contribution in [0.4, 0.5) is 0 Å². The Morgan fingerprint density at radius 3 is 2.44 bits per heavy atom. The second-order valence-corrected chi connectivity index (χ2v) is 10.4. The Hall–Kier alpha value is -2.67. The van der Waals surface area contributed by atoms with Crippen LogP contribution in [-0.4, -0.2) is 26.7 Å². The molecule has 0 spiro atoms. The zero-order chi connectivity index (χ0) is 23.1. The Labute approximate surface area is 191 Å². The smallest absolute Gasteiger partial charge is 0.263 e. The van der Waals surface area contributed by atoms with Crippen molar-refractivity contribution in [1.29, 1.82) is 0 Å². The number of hydrogen-bond acceptors (Lipinski definition) is 4. The van der Waals surface area contributed by atoms with E-state index in [2.05, 4.69) is 53.1 Å². The van der Waals surface area contributed by atoms with E-state index in [0.717, 1.165) is 31.2 Å². The fourth-order valence-electron chi connectivity index (χ4n) is 3.83. The molecule has 1 aliphatic rings. The van der Waals surface area contributed by atoms with Gasteiger partial charge in [0.2, 0.25) is 5.91 Å². The van der Waals surface area contributed by atoms with Gasteiger partial charge in [-0.2, -0.15) is 0 Å². The minimum absolute atomic E-state index is 0.0162. The third kappa shape index (κ3) is 6.42. The number of hydrogen-bond donors (Lipinski definition) is 2. The quantitative estimate of drug-likeness (QED) is 0.522. The van der Waals surface area contributed by atoms with E-state index in [1.165, 1.54) is 5.56 Å². The van der Waals surface area contributed by atoms with Crippen molar-refractivity contribution in [3.05, 3.63) is 65.2 Å². The Balaban J connectivity index is 1.37. The molecule has 1 unspecified atom stereocenters. The summed E-state index contributed by atoms with van der Waals surface area (Å²) in [7, 11) is -3.49. The predicted molar refractivity (Wildman–Crippen MR) is 128 cm³/mol. The molecule has 7 heteroatoms. The number of amidine groups is 1. The van der Waals surface area contributed by atoms with Gasteiger partial charge in [-0.1, -0.05) is 56.7 Å². The van der Waals surface area contributed by atoms with Gasteiger partial charge < -0.3 is 5.32 Å². The molecule has 0 fully saturated rings. The number of nitrogens with one attached hydrogen (secondary N) is 2. The lowest BCUT2D eigenvalue weighted by molar-refractivity contribution is -0.121. The van der Waals surface area contributed by atoms with Crippen molar-refractivity contribution < 1.29 is 13.2 Å². The number of fused-ring (bicyclic) bond motifs is 1. The van der Waals surface area contributed by atoms with Crippen molar-refractivity contribution in [3.8, 4) is 0 Å². The third-order valence-electron chi connectivity index (χ3n) is 5.50. The highest BCUT2D eigenvalue weighted by Gasteiger charge is 2.29. The second kappa shape index (κ2) is 10.8. The first-order chi connectivity index (χ1) is 15.3. The molecule has 0 bridgehead atoms. The molecule has 0 aliphatic carbocycles. The number of rotatable bonds is 10. The molecule has 0 saturated heterocycles. The van der Waals surface area contributed by atoms with Crippen LogP contribution >= 0.6 is 0 Å². The molecule has 1 amide bonds. The maximum atomic E-state index is 12.3. The van der Waals surface area contributed by atoms with E-state index in [1.807, 2.05) is 6.92 Å². The highest BCUT2D eigenvalue weighted by atomic mass is 32.2. The largest absolute Gasteiger partial charge is 0.350 e. The number of benzene rings is 2. The SMILES string of the molecule is CC(C)Cc1ccc(C(C)NC(=O)CCCCCN=C2NS(=O)(=O)c3ccccc32)cc1. The number of nitrogens with zero attached hydrogens (tertiary/aromatic N) is 1. The summed E-state index contributed by atoms with van der Waals surface area (Å²) >= 11 is 0. The molecule has 0 aromatic heterocycles. The first kappa shape index (κ1) is 24.0. The summed E-state index contributed by atoms with van der Waals surface area (Å²) in [5, 5.41) is 3.07. The lowest BCUT2D eigenvalue weighted by atomic mass is 10.00. The molecule has 1 aliphatic heterocycles. The van der Waals surface area contributed by atoms with Gasteiger partial charge in [-0.05, 0) is 55.4 Å². The zero-order valence-electron chi connectivity index (χ0n) is 19.1. The highest BCUT2D eigenvalue weighted by Crippen LogP contribution is 2.22. The second-order valence-electron chi connectivity index (χ2n) is 8.77. The standard InChI is InChI=1S/C25H33N3O3S/c1-18(2)17-20-12-14-21(15-13-20)19(3)27-24(29)11-5-4-8-16-26-25-22-9-6-7-10-23(22)32(30,31)28-25/h6-7,9-10,12-15,18-19H,4-5,8,11,16-17H2,1-3H3,(H,26,28)(H,27,29). The van der Waals surface area contributed by atoms with Crippen LogP contribution in [0.25, 0.3) is 0 Å². The van der Waals surface area contributed by atoms with Crippen LogP contribution in [0.15, 0.2) is 58.4 Å². The average molecular weight is 456 g/mol. The summed E-state index contributed by atoms with van der Waals surface area (Å²) in [5.74, 6) is 1.08. The van der Waals surface area contributed by atoms with Gasteiger partial charge in [0.1, 0.15) is 5.84 Å². The summed E-state index contributed by atoms with van der Waals surface area (Å²) in [6.45, 7) is 6.94. The van der Waals surface area contributed by atoms with E-state index in [-0.39, 0.29) is 16.8 Å². The van der Waals surface area contributed by atoms with Crippen LogP contribution in [0, 0.1) is 5.92 Å². The van der Waals surface area contributed by atoms with E-state index in [1.54, 1.807) is 24.3 Å². The average Bonchev–Trinajstić information content (AvgIpc) is 3.01. The molecule has 1 heterocycles. The van der Waals surface area contributed by atoms with Crippen LogP contribution in [-0.2, 0) is 21.2 Å². The molecule has 3 rings (SSSR count). The van der Waals surface area contributed by atoms with E-state index >= 15 is 0 Å². The minimum Gasteiger partial charge on any atom is -0.350 e. The number of amides is 1. The molecular formula is C25H33N3O3S. The first-order valence-electron chi connectivity index (χ1n) is 11.3. The van der Waals surface area contributed by atoms with Gasteiger partial charge in [0.05, 0.1) is 10.9 Å². The Bertz CT molecular complexity index is 1060. The van der Waals surface area contributed by atoms with Gasteiger partial charge in [-0.25, -0.2) is 8.42 Å². The lowest BCUT2D eigenvalue weighted by Crippen LogP contribution is -2.26. The Morgan fingerprint density at radius 2 is 1.72 bits per heavy atom. The molecule has 2 N–H and O–H groups in total. The van der Waals surface area contributed by atoms with Crippen molar-refractivity contribution in [2.45, 2.75) is 63.8 Å². The summed E-state index contributed by atoms with van der Waals surface area (Å²) in [6.07, 6.45) is 3.97. The predicted octanol–water partition coefficient (Wildman–Crippen LogP) is 4.36. The topological polar surface area (TPSA) is 87.6 Å². The van der Waals surface area contributed by atoms with Crippen molar-refractivity contribution >= 4 is 21.8 Å². The van der Waals surface area contributed by atoms with Crippen molar-refractivity contribution in [2.24, 2.45) is 10.9 Å². The normalized spacial score (nSPS) is 16.6. The van der Waals surface area contributed by atoms with Crippen LogP contribution in [0.2, 0.25) is 0 Å². The van der Waals surface area contributed by atoms with Crippen LogP contribution in [0.1, 0.15) is 69.2 Å². The molecular weight excluding hydrogens is 422 g/mol. The van der Waals surface area contributed by atoms with Gasteiger partial charge in [0.25, 0.3) is 10.0 Å². The number of carbonyl (C=O) groups excluding carboxylic acids is 1. The number of unbranched alkanes of at least 4 members (excludes halogenated alkanes) is 2. The van der Waals surface area contributed by atoms with E-state index in [4.69, 9.17) is 0 Å². The number of aliphatic imine (C=N–C) groups is 1. The van der Waals surface area contributed by atoms with Gasteiger partial charge in [-0.15, -0.1) is 0 Å². The van der Waals surface area contributed by atoms with Crippen LogP contribution in [0.5, 0.6) is 0 Å². The molecule has 1 atom stereocenters. The van der Waals surface area contributed by atoms with E-state index in [0.29, 0.717) is 30.3 Å². The molecule has 32 heavy (non-hydrogen) atoms. The zero-order valence-corrected chi connectivity index (χ0v) is 19.9. The van der Waals surface area contributed by atoms with E-state index in [9.17, 15) is 13.2 Å². The van der Waals surface area contributed by atoms with Crippen LogP contribution in [0.3, 0.4) is 0 Å². The van der Waals surface area contributed by atoms with Crippen molar-refractivity contribution in [1.82, 2.24) is 10.0 Å². The van der Waals surface area contributed by atoms with Crippen LogP contribution < -0.4 is 10.0 Å². The minimum atomic E-state index is -3.49. The van der Waals surface area contributed by atoms with Crippen molar-refractivity contribution in [3.63, 3.8) is 0 Å². The number of carbonyl (C=O) groups is 1. The van der Waals surface area contributed by atoms with Gasteiger partial charge in [0, 0.05) is 18.5 Å². The fourth-order valence-corrected chi connectivity index (χ4v) is 5.08. The summed E-state index contributed by atoms with van der Waals surface area (Å²) in [6, 6.07) is 15.3. The van der Waals surface area contributed by atoms with Gasteiger partial charge >= 0.3 is 0 Å². The summed E-state index contributed by atoms with van der Waals surface area (Å²) in [4.78, 5) is 17.0. The van der Waals surface area contributed by atoms with E-state index < -0.39 is 10.0 Å². The monoisotopic (exact) mass is 455 g/mol. The maximum Gasteiger partial charge on any atom is 0.263 e. The summed E-state index contributed by atoms with van der Waals surface area (Å²) in [5.41, 5.74) is 3.05. The first-order valence-corrected chi connectivity index (χ1v) is 12.8. The highest BCUT2D eigenvalue weighted by molar-refractivity contribution is 7.90. The molecule has 0 radical (unpaired) electrons. The van der Waals surface area contributed by atoms with Crippen molar-refractivity contribution in [2.75, 3.05) is 6.54 Å². The maximum absolute atomic E-state index is 12.3. The summed E-state index contributed by atoms with van der Waals surface area (Å²) < 4.78 is 26.7. The molecule has 2 aromatic carbocycles. The molecule has 2 aromatic rings. The third-order valence-corrected chi connectivity index (χ3v) is 6.89. The lowest BCUT2D eigenvalue weighted by Gasteiger charge is -2.15. The van der Waals surface area contributed by atoms with Gasteiger partial charge in [-0.3, -0.25) is 14.5 Å². The number of sulfonamides is 1. The fraction of sp³-hybridized carbons (Fsp3) is 0.440. The molecule has 6 nitrogen and oxygen atoms in total. The Morgan fingerprint density at radius 1 is 1.00 bits per heavy atom. The van der Waals surface area contributed by atoms with Gasteiger partial charge in [0.15, 0.2) is 0 Å².